The average Bonchev–Trinajstić information content (AvgIpc) is 3.04. The lowest BCUT2D eigenvalue weighted by molar-refractivity contribution is -0.192. The molecule has 30 heavy (non-hydrogen) atoms. The van der Waals surface area contributed by atoms with Gasteiger partial charge in [0, 0.05) is 23.2 Å². The number of aliphatic carboxylic acids is 1. The van der Waals surface area contributed by atoms with E-state index in [4.69, 9.17) is 14.6 Å². The molecule has 3 heterocycles. The number of halogens is 3. The van der Waals surface area contributed by atoms with Crippen LogP contribution >= 0.6 is 0 Å². The number of hydrogen-bond acceptors (Lipinski definition) is 4. The average molecular weight is 419 g/mol. The molecule has 158 valence electrons. The Morgan fingerprint density at radius 1 is 1.00 bits per heavy atom. The largest absolute Gasteiger partial charge is 0.504 e. The molecule has 0 aliphatic carbocycles. The predicted octanol–water partition coefficient (Wildman–Crippen LogP) is 4.85. The molecule has 0 spiro atoms. The maximum absolute atomic E-state index is 10.6. The number of alkyl halides is 3. The summed E-state index contributed by atoms with van der Waals surface area (Å²) in [6.45, 7) is 0. The van der Waals surface area contributed by atoms with Crippen molar-refractivity contribution in [1.29, 1.82) is 0 Å². The molecule has 2 unspecified atom stereocenters. The summed E-state index contributed by atoms with van der Waals surface area (Å²) in [6.07, 6.45) is -0.358. The molecule has 0 aromatic heterocycles. The molecule has 0 radical (unpaired) electrons. The van der Waals surface area contributed by atoms with E-state index in [1.165, 1.54) is 24.0 Å². The smallest absolute Gasteiger partial charge is 0.490 e. The molecule has 2 fully saturated rings. The van der Waals surface area contributed by atoms with Gasteiger partial charge in [0.15, 0.2) is 11.5 Å². The van der Waals surface area contributed by atoms with Crippen LogP contribution in [0.4, 0.5) is 13.2 Å². The highest BCUT2D eigenvalue weighted by molar-refractivity contribution is 5.91. The number of nitrogens with one attached hydrogen (secondary N) is 1. The van der Waals surface area contributed by atoms with Crippen molar-refractivity contribution in [1.82, 2.24) is 5.32 Å². The first kappa shape index (κ1) is 20.3. The standard InChI is InChI=1S/C20H19NO2.C2HF3O2/c22-17-6-3-5-16-19(12-10-13-8-9-14(11-12)21-13)15-4-1-2-7-18(15)23-20(16)17;3-2(4,5)1(6)7/h1-7,13-14,21-22H,8-11H2;(H,6,7). The third kappa shape index (κ3) is 3.87. The van der Waals surface area contributed by atoms with Crippen molar-refractivity contribution < 1.29 is 32.9 Å². The van der Waals surface area contributed by atoms with Gasteiger partial charge in [0.25, 0.3) is 0 Å². The lowest BCUT2D eigenvalue weighted by atomic mass is 9.84. The van der Waals surface area contributed by atoms with E-state index in [1.54, 1.807) is 6.07 Å². The summed E-state index contributed by atoms with van der Waals surface area (Å²) in [5, 5.41) is 21.1. The van der Waals surface area contributed by atoms with Gasteiger partial charge >= 0.3 is 12.1 Å². The van der Waals surface area contributed by atoms with Crippen molar-refractivity contribution >= 4 is 11.5 Å². The van der Waals surface area contributed by atoms with E-state index in [-0.39, 0.29) is 5.75 Å². The minimum Gasteiger partial charge on any atom is -0.504 e. The molecule has 2 atom stereocenters. The van der Waals surface area contributed by atoms with Crippen LogP contribution in [-0.2, 0) is 4.79 Å². The van der Waals surface area contributed by atoms with E-state index in [0.717, 1.165) is 29.7 Å². The van der Waals surface area contributed by atoms with E-state index in [1.807, 2.05) is 18.2 Å². The van der Waals surface area contributed by atoms with Crippen molar-refractivity contribution in [2.75, 3.05) is 0 Å². The van der Waals surface area contributed by atoms with E-state index in [2.05, 4.69) is 23.5 Å². The lowest BCUT2D eigenvalue weighted by Crippen LogP contribution is -2.35. The topological polar surface area (TPSA) is 78.8 Å². The number of phenolic OH excluding ortho intramolecular Hbond substituents is 1. The number of benzene rings is 2. The van der Waals surface area contributed by atoms with E-state index in [9.17, 15) is 18.3 Å². The highest BCUT2D eigenvalue weighted by Crippen LogP contribution is 2.50. The Labute approximate surface area is 170 Å². The van der Waals surface area contributed by atoms with E-state index < -0.39 is 12.1 Å². The van der Waals surface area contributed by atoms with Gasteiger partial charge in [-0.15, -0.1) is 0 Å². The highest BCUT2D eigenvalue weighted by Gasteiger charge is 2.38. The summed E-state index contributed by atoms with van der Waals surface area (Å²) in [4.78, 5) is 8.90. The Hall–Kier alpha value is -3.00. The van der Waals surface area contributed by atoms with Crippen molar-refractivity contribution in [2.24, 2.45) is 0 Å². The van der Waals surface area contributed by atoms with Crippen LogP contribution in [0.1, 0.15) is 36.8 Å². The number of para-hydroxylation sites is 2. The molecule has 3 aliphatic heterocycles. The van der Waals surface area contributed by atoms with E-state index >= 15 is 0 Å². The summed E-state index contributed by atoms with van der Waals surface area (Å²) < 4.78 is 37.7. The number of fused-ring (bicyclic) bond motifs is 4. The predicted molar refractivity (Wildman–Crippen MR) is 104 cm³/mol. The number of carboxylic acids is 1. The fourth-order valence-corrected chi connectivity index (χ4v) is 4.33. The number of phenols is 1. The molecular weight excluding hydrogens is 399 g/mol. The molecule has 2 aromatic rings. The van der Waals surface area contributed by atoms with Crippen molar-refractivity contribution in [2.45, 2.75) is 43.9 Å². The van der Waals surface area contributed by atoms with Gasteiger partial charge in [-0.05, 0) is 43.4 Å². The monoisotopic (exact) mass is 419 g/mol. The number of hydrogen-bond donors (Lipinski definition) is 3. The Kier molecular flexibility index (Phi) is 5.19. The van der Waals surface area contributed by atoms with Crippen molar-refractivity contribution in [3.63, 3.8) is 0 Å². The number of aromatic hydroxyl groups is 1. The summed E-state index contributed by atoms with van der Waals surface area (Å²) in [7, 11) is 0. The first-order chi connectivity index (χ1) is 14.2. The van der Waals surface area contributed by atoms with Gasteiger partial charge in [-0.1, -0.05) is 35.9 Å². The molecule has 3 aliphatic rings. The Morgan fingerprint density at radius 3 is 2.23 bits per heavy atom. The van der Waals surface area contributed by atoms with Crippen LogP contribution in [0.25, 0.3) is 5.57 Å². The maximum Gasteiger partial charge on any atom is 0.490 e. The molecule has 3 N–H and O–H groups in total. The second-order valence-electron chi connectivity index (χ2n) is 7.58. The third-order valence-electron chi connectivity index (χ3n) is 5.55. The molecule has 2 aromatic carbocycles. The van der Waals surface area contributed by atoms with Crippen LogP contribution in [0, 0.1) is 0 Å². The second kappa shape index (κ2) is 7.68. The van der Waals surface area contributed by atoms with Gasteiger partial charge in [0.05, 0.1) is 0 Å². The zero-order valence-corrected chi connectivity index (χ0v) is 15.9. The number of piperidine rings is 1. The fraction of sp³-hybridized carbons (Fsp3) is 0.318. The van der Waals surface area contributed by atoms with Gasteiger partial charge in [0.2, 0.25) is 0 Å². The normalized spacial score (nSPS) is 21.7. The maximum atomic E-state index is 10.6. The molecule has 0 amide bonds. The lowest BCUT2D eigenvalue weighted by Gasteiger charge is -2.30. The SMILES string of the molecule is O=C(O)C(F)(F)F.Oc1cccc2c1Oc1ccccc1C2=C1CC2CCC(C1)N2. The summed E-state index contributed by atoms with van der Waals surface area (Å²) in [6, 6.07) is 15.0. The second-order valence-corrected chi connectivity index (χ2v) is 7.58. The molecule has 0 saturated carbocycles. The summed E-state index contributed by atoms with van der Waals surface area (Å²) in [5.74, 6) is -1.10. The molecular formula is C22H20F3NO4. The summed E-state index contributed by atoms with van der Waals surface area (Å²) in [5.41, 5.74) is 4.96. The van der Waals surface area contributed by atoms with Crippen LogP contribution in [0.3, 0.4) is 0 Å². The fourth-order valence-electron chi connectivity index (χ4n) is 4.33. The van der Waals surface area contributed by atoms with Gasteiger partial charge in [-0.2, -0.15) is 13.2 Å². The first-order valence-corrected chi connectivity index (χ1v) is 9.62. The third-order valence-corrected chi connectivity index (χ3v) is 5.55. The van der Waals surface area contributed by atoms with Crippen LogP contribution in [0.15, 0.2) is 48.0 Å². The van der Waals surface area contributed by atoms with Gasteiger partial charge in [-0.3, -0.25) is 0 Å². The molecule has 2 saturated heterocycles. The molecule has 5 rings (SSSR count). The van der Waals surface area contributed by atoms with Crippen LogP contribution in [-0.4, -0.2) is 34.4 Å². The van der Waals surface area contributed by atoms with Gasteiger partial charge in [-0.25, -0.2) is 4.79 Å². The van der Waals surface area contributed by atoms with E-state index in [0.29, 0.717) is 17.8 Å². The molecule has 2 bridgehead atoms. The number of carboxylic acid groups (broad SMARTS) is 1. The Bertz CT molecular complexity index is 1000. The number of carbonyl (C=O) groups is 1. The van der Waals surface area contributed by atoms with Crippen LogP contribution in [0.2, 0.25) is 0 Å². The molecule has 8 heteroatoms. The quantitative estimate of drug-likeness (QED) is 0.486. The zero-order valence-electron chi connectivity index (χ0n) is 15.9. The van der Waals surface area contributed by atoms with Crippen molar-refractivity contribution in [3.8, 4) is 17.2 Å². The Morgan fingerprint density at radius 2 is 1.60 bits per heavy atom. The minimum atomic E-state index is -5.08. The van der Waals surface area contributed by atoms with Crippen LogP contribution < -0.4 is 10.1 Å². The zero-order chi connectivity index (χ0) is 21.5. The molecule has 5 nitrogen and oxygen atoms in total. The Balaban J connectivity index is 0.000000272. The van der Waals surface area contributed by atoms with Gasteiger partial charge in [0.1, 0.15) is 5.75 Å². The van der Waals surface area contributed by atoms with Gasteiger partial charge < -0.3 is 20.3 Å². The number of rotatable bonds is 0. The van der Waals surface area contributed by atoms with Crippen LogP contribution in [0.5, 0.6) is 17.2 Å². The highest BCUT2D eigenvalue weighted by atomic mass is 19.4. The minimum absolute atomic E-state index is 0.215. The first-order valence-electron chi connectivity index (χ1n) is 9.62. The van der Waals surface area contributed by atoms with Crippen molar-refractivity contribution in [3.05, 3.63) is 59.2 Å². The number of ether oxygens (including phenoxy) is 1. The summed E-state index contributed by atoms with van der Waals surface area (Å²) >= 11 is 0.